The molecule has 0 spiro atoms. The lowest BCUT2D eigenvalue weighted by Crippen LogP contribution is -2.04. The fraction of sp³-hybridized carbons (Fsp3) is 0.0769. The van der Waals surface area contributed by atoms with E-state index in [1.54, 1.807) is 0 Å². The molecule has 1 atom stereocenters. The number of hydrogen-bond acceptors (Lipinski definition) is 2. The molecule has 7 heteroatoms. The number of rotatable bonds is 3. The van der Waals surface area contributed by atoms with E-state index in [0.29, 0.717) is 0 Å². The Bertz CT molecular complexity index is 667. The summed E-state index contributed by atoms with van der Waals surface area (Å²) in [6.45, 7) is 0. The molecule has 0 amide bonds. The highest BCUT2D eigenvalue weighted by molar-refractivity contribution is 7.84. The summed E-state index contributed by atoms with van der Waals surface area (Å²) in [5, 5.41) is 0. The second-order valence-electron chi connectivity index (χ2n) is 4.05. The van der Waals surface area contributed by atoms with Gasteiger partial charge in [0.1, 0.15) is 16.5 Å². The summed E-state index contributed by atoms with van der Waals surface area (Å²) in [5.74, 6) is -4.58. The van der Waals surface area contributed by atoms with Crippen molar-refractivity contribution in [2.24, 2.45) is 0 Å². The van der Waals surface area contributed by atoms with Gasteiger partial charge in [-0.25, -0.2) is 17.6 Å². The molecule has 2 N–H and O–H groups in total. The summed E-state index contributed by atoms with van der Waals surface area (Å²) in [5.41, 5.74) is 5.28. The van der Waals surface area contributed by atoms with Crippen molar-refractivity contribution in [2.75, 3.05) is 5.73 Å². The zero-order chi connectivity index (χ0) is 14.9. The molecule has 0 aliphatic carbocycles. The lowest BCUT2D eigenvalue weighted by molar-refractivity contribution is 0.507. The summed E-state index contributed by atoms with van der Waals surface area (Å²) in [6, 6.07) is 4.59. The Morgan fingerprint density at radius 2 is 1.50 bits per heavy atom. The molecule has 0 radical (unpaired) electrons. The van der Waals surface area contributed by atoms with Crippen LogP contribution < -0.4 is 5.73 Å². The highest BCUT2D eigenvalue weighted by Crippen LogP contribution is 2.23. The Morgan fingerprint density at radius 1 is 0.900 bits per heavy atom. The van der Waals surface area contributed by atoms with E-state index in [-0.39, 0.29) is 17.0 Å². The third-order valence-corrected chi connectivity index (χ3v) is 3.97. The second-order valence-corrected chi connectivity index (χ2v) is 5.44. The quantitative estimate of drug-likeness (QED) is 0.699. The summed E-state index contributed by atoms with van der Waals surface area (Å²) in [4.78, 5) is -0.635. The molecule has 2 rings (SSSR count). The summed E-state index contributed by atoms with van der Waals surface area (Å²) in [6.07, 6.45) is 0. The van der Waals surface area contributed by atoms with Crippen LogP contribution in [-0.4, -0.2) is 4.21 Å². The van der Waals surface area contributed by atoms with Crippen molar-refractivity contribution in [2.45, 2.75) is 10.6 Å². The lowest BCUT2D eigenvalue weighted by Gasteiger charge is -2.07. The summed E-state index contributed by atoms with van der Waals surface area (Å²) >= 11 is 0. The molecule has 2 aromatic carbocycles. The van der Waals surface area contributed by atoms with Crippen LogP contribution in [-0.2, 0) is 16.6 Å². The average Bonchev–Trinajstić information content (AvgIpc) is 2.32. The molecule has 0 aromatic heterocycles. The van der Waals surface area contributed by atoms with E-state index >= 15 is 0 Å². The minimum Gasteiger partial charge on any atom is -0.399 e. The van der Waals surface area contributed by atoms with Crippen molar-refractivity contribution < 1.29 is 21.8 Å². The topological polar surface area (TPSA) is 43.1 Å². The van der Waals surface area contributed by atoms with E-state index in [9.17, 15) is 21.8 Å². The zero-order valence-electron chi connectivity index (χ0n) is 10.00. The van der Waals surface area contributed by atoms with Crippen molar-refractivity contribution >= 4 is 16.5 Å². The van der Waals surface area contributed by atoms with Gasteiger partial charge in [-0.05, 0) is 29.8 Å². The maximum absolute atomic E-state index is 13.6. The molecule has 0 heterocycles. The molecule has 1 unspecified atom stereocenters. The Morgan fingerprint density at radius 3 is 2.05 bits per heavy atom. The van der Waals surface area contributed by atoms with Gasteiger partial charge in [0.05, 0.1) is 16.6 Å². The molecular formula is C13H9F4NOS. The van der Waals surface area contributed by atoms with Gasteiger partial charge < -0.3 is 5.73 Å². The third-order valence-electron chi connectivity index (χ3n) is 2.53. The van der Waals surface area contributed by atoms with Gasteiger partial charge in [-0.15, -0.1) is 0 Å². The van der Waals surface area contributed by atoms with Crippen LogP contribution in [0.5, 0.6) is 0 Å². The smallest absolute Gasteiger partial charge is 0.159 e. The fourth-order valence-corrected chi connectivity index (χ4v) is 2.83. The van der Waals surface area contributed by atoms with Crippen LogP contribution in [0.15, 0.2) is 35.2 Å². The molecule has 0 saturated heterocycles. The predicted molar refractivity (Wildman–Crippen MR) is 67.2 cm³/mol. The van der Waals surface area contributed by atoms with E-state index in [2.05, 4.69) is 0 Å². The molecule has 0 fully saturated rings. The average molecular weight is 303 g/mol. The Hall–Kier alpha value is -1.89. The van der Waals surface area contributed by atoms with Crippen LogP contribution in [0, 0.1) is 23.3 Å². The highest BCUT2D eigenvalue weighted by Gasteiger charge is 2.18. The molecule has 2 nitrogen and oxygen atoms in total. The summed E-state index contributed by atoms with van der Waals surface area (Å²) < 4.78 is 64.8. The Balaban J connectivity index is 2.31. The fourth-order valence-electron chi connectivity index (χ4n) is 1.65. The van der Waals surface area contributed by atoms with Crippen molar-refractivity contribution in [3.05, 3.63) is 59.2 Å². The van der Waals surface area contributed by atoms with E-state index in [4.69, 9.17) is 5.73 Å². The number of benzene rings is 2. The maximum Gasteiger partial charge on any atom is 0.159 e. The van der Waals surface area contributed by atoms with Crippen LogP contribution in [0.4, 0.5) is 23.2 Å². The standard InChI is InChI=1S/C13H9F4NOS/c14-9-2-1-7(3-10(9)15)6-20(19)13-11(16)4-8(18)5-12(13)17/h1-5H,6,18H2. The first-order chi connectivity index (χ1) is 9.38. The first-order valence-corrected chi connectivity index (χ1v) is 6.77. The molecule has 106 valence electrons. The highest BCUT2D eigenvalue weighted by atomic mass is 32.2. The first-order valence-electron chi connectivity index (χ1n) is 5.45. The number of halogens is 4. The van der Waals surface area contributed by atoms with Gasteiger partial charge in [0.25, 0.3) is 0 Å². The SMILES string of the molecule is Nc1cc(F)c(S(=O)Cc2ccc(F)c(F)c2)c(F)c1. The van der Waals surface area contributed by atoms with Gasteiger partial charge in [0, 0.05) is 5.69 Å². The van der Waals surface area contributed by atoms with Crippen molar-refractivity contribution in [3.63, 3.8) is 0 Å². The van der Waals surface area contributed by atoms with E-state index in [0.717, 1.165) is 24.3 Å². The van der Waals surface area contributed by atoms with Crippen LogP contribution in [0.25, 0.3) is 0 Å². The Kier molecular flexibility index (Phi) is 4.08. The van der Waals surface area contributed by atoms with E-state index < -0.39 is 39.0 Å². The number of nitrogens with two attached hydrogens (primary N) is 1. The van der Waals surface area contributed by atoms with Gasteiger partial charge in [-0.3, -0.25) is 4.21 Å². The third kappa shape index (κ3) is 2.98. The van der Waals surface area contributed by atoms with Gasteiger partial charge >= 0.3 is 0 Å². The second kappa shape index (κ2) is 5.62. The molecule has 2 aromatic rings. The lowest BCUT2D eigenvalue weighted by atomic mass is 10.2. The number of hydrogen-bond donors (Lipinski definition) is 1. The van der Waals surface area contributed by atoms with Crippen LogP contribution >= 0.6 is 0 Å². The van der Waals surface area contributed by atoms with Gasteiger partial charge in [0.15, 0.2) is 11.6 Å². The maximum atomic E-state index is 13.6. The molecule has 0 saturated carbocycles. The monoisotopic (exact) mass is 303 g/mol. The van der Waals surface area contributed by atoms with Crippen LogP contribution in [0.3, 0.4) is 0 Å². The number of nitrogen functional groups attached to an aromatic ring is 1. The zero-order valence-corrected chi connectivity index (χ0v) is 10.8. The van der Waals surface area contributed by atoms with Crippen molar-refractivity contribution in [1.29, 1.82) is 0 Å². The molecular weight excluding hydrogens is 294 g/mol. The minimum absolute atomic E-state index is 0.131. The molecule has 0 aliphatic rings. The molecule has 0 bridgehead atoms. The van der Waals surface area contributed by atoms with Crippen molar-refractivity contribution in [3.8, 4) is 0 Å². The van der Waals surface area contributed by atoms with Gasteiger partial charge in [0.2, 0.25) is 0 Å². The van der Waals surface area contributed by atoms with Gasteiger partial charge in [-0.1, -0.05) is 6.07 Å². The van der Waals surface area contributed by atoms with E-state index in [1.807, 2.05) is 0 Å². The first kappa shape index (κ1) is 14.5. The number of anilines is 1. The molecule has 20 heavy (non-hydrogen) atoms. The van der Waals surface area contributed by atoms with Crippen LogP contribution in [0.1, 0.15) is 5.56 Å². The Labute approximate surface area is 114 Å². The minimum atomic E-state index is -2.08. The van der Waals surface area contributed by atoms with Crippen LogP contribution in [0.2, 0.25) is 0 Å². The largest absolute Gasteiger partial charge is 0.399 e. The summed E-state index contributed by atoms with van der Waals surface area (Å²) in [7, 11) is -2.08. The predicted octanol–water partition coefficient (Wildman–Crippen LogP) is 3.13. The van der Waals surface area contributed by atoms with Gasteiger partial charge in [-0.2, -0.15) is 0 Å². The van der Waals surface area contributed by atoms with E-state index in [1.165, 1.54) is 6.07 Å². The normalized spacial score (nSPS) is 12.4. The van der Waals surface area contributed by atoms with Crippen molar-refractivity contribution in [1.82, 2.24) is 0 Å². The molecule has 0 aliphatic heterocycles.